The Bertz CT molecular complexity index is 877. The van der Waals surface area contributed by atoms with E-state index in [2.05, 4.69) is 15.0 Å². The van der Waals surface area contributed by atoms with Crippen molar-refractivity contribution in [3.05, 3.63) is 29.2 Å². The van der Waals surface area contributed by atoms with Gasteiger partial charge >= 0.3 is 0 Å². The highest BCUT2D eigenvalue weighted by Crippen LogP contribution is 2.23. The lowest BCUT2D eigenvalue weighted by Crippen LogP contribution is -2.33. The number of hydrogen-bond donors (Lipinski definition) is 1. The minimum Gasteiger partial charge on any atom is -0.391 e. The molecule has 0 bridgehead atoms. The number of likely N-dealkylation sites (tertiary alicyclic amines) is 1. The van der Waals surface area contributed by atoms with E-state index in [-0.39, 0.29) is 11.7 Å². The lowest BCUT2D eigenvalue weighted by Gasteiger charge is -2.17. The van der Waals surface area contributed by atoms with E-state index in [0.29, 0.717) is 19.6 Å². The summed E-state index contributed by atoms with van der Waals surface area (Å²) in [5.74, 6) is -0.325. The molecule has 25 heavy (non-hydrogen) atoms. The molecule has 8 nitrogen and oxygen atoms in total. The Hall–Kier alpha value is -1.55. The van der Waals surface area contributed by atoms with Crippen LogP contribution in [-0.4, -0.2) is 76.4 Å². The maximum Gasteiger partial charge on any atom is 0.214 e. The fourth-order valence-corrected chi connectivity index (χ4v) is 4.49. The largest absolute Gasteiger partial charge is 0.391 e. The molecule has 0 amide bonds. The van der Waals surface area contributed by atoms with Gasteiger partial charge in [-0.2, -0.15) is 5.10 Å². The number of β-amino-alcohol motifs (C(OH)–C–C–N with tert-alkyl or cyclic N) is 1. The summed E-state index contributed by atoms with van der Waals surface area (Å²) in [6.45, 7) is 5.52. The zero-order valence-electron chi connectivity index (χ0n) is 15.0. The van der Waals surface area contributed by atoms with Crippen LogP contribution in [0.1, 0.15) is 17.0 Å². The molecule has 1 saturated heterocycles. The van der Waals surface area contributed by atoms with Crippen LogP contribution in [0.25, 0.3) is 5.65 Å². The second-order valence-electron chi connectivity index (χ2n) is 7.03. The van der Waals surface area contributed by atoms with Crippen LogP contribution in [0.2, 0.25) is 0 Å². The molecule has 3 heterocycles. The van der Waals surface area contributed by atoms with Gasteiger partial charge in [-0.3, -0.25) is 4.90 Å². The maximum absolute atomic E-state index is 12.1. The molecule has 2 atom stereocenters. The van der Waals surface area contributed by atoms with Crippen molar-refractivity contribution in [3.63, 3.8) is 0 Å². The second-order valence-corrected chi connectivity index (χ2v) is 9.25. The molecule has 0 unspecified atom stereocenters. The summed E-state index contributed by atoms with van der Waals surface area (Å²) in [6, 6.07) is 1.98. The summed E-state index contributed by atoms with van der Waals surface area (Å²) in [5, 5.41) is 14.7. The highest BCUT2D eigenvalue weighted by atomic mass is 32.2. The Morgan fingerprint density at radius 3 is 2.72 bits per heavy atom. The van der Waals surface area contributed by atoms with Crippen LogP contribution in [0, 0.1) is 19.8 Å². The van der Waals surface area contributed by atoms with Crippen LogP contribution in [0.15, 0.2) is 12.3 Å². The van der Waals surface area contributed by atoms with E-state index in [0.717, 1.165) is 22.6 Å². The summed E-state index contributed by atoms with van der Waals surface area (Å²) >= 11 is 0. The van der Waals surface area contributed by atoms with Gasteiger partial charge in [0.1, 0.15) is 0 Å². The lowest BCUT2D eigenvalue weighted by atomic mass is 10.1. The van der Waals surface area contributed by atoms with E-state index in [1.807, 2.05) is 24.4 Å². The van der Waals surface area contributed by atoms with Crippen molar-refractivity contribution in [1.29, 1.82) is 0 Å². The number of aliphatic hydroxyl groups is 1. The predicted octanol–water partition coefficient (Wildman–Crippen LogP) is 0.0302. The molecular formula is C16H25N5O3S. The Morgan fingerprint density at radius 1 is 1.32 bits per heavy atom. The van der Waals surface area contributed by atoms with Crippen molar-refractivity contribution in [2.24, 2.45) is 5.92 Å². The topological polar surface area (TPSA) is 91.0 Å². The van der Waals surface area contributed by atoms with Gasteiger partial charge in [0, 0.05) is 56.6 Å². The van der Waals surface area contributed by atoms with Crippen LogP contribution >= 0.6 is 0 Å². The number of nitrogens with zero attached hydrogens (tertiary/aromatic N) is 5. The highest BCUT2D eigenvalue weighted by molar-refractivity contribution is 7.89. The van der Waals surface area contributed by atoms with Gasteiger partial charge in [-0.25, -0.2) is 22.2 Å². The first kappa shape index (κ1) is 18.2. The third-order valence-corrected chi connectivity index (χ3v) is 6.67. The Morgan fingerprint density at radius 2 is 2.04 bits per heavy atom. The van der Waals surface area contributed by atoms with Crippen LogP contribution in [0.4, 0.5) is 0 Å². The van der Waals surface area contributed by atoms with Gasteiger partial charge < -0.3 is 5.11 Å². The molecule has 0 spiro atoms. The van der Waals surface area contributed by atoms with E-state index in [1.165, 1.54) is 18.4 Å². The molecule has 0 radical (unpaired) electrons. The number of aliphatic hydroxyl groups excluding tert-OH is 1. The number of aryl methyl sites for hydroxylation is 2. The van der Waals surface area contributed by atoms with Crippen LogP contribution in [-0.2, 0) is 16.6 Å². The Kier molecular flexibility index (Phi) is 4.84. The van der Waals surface area contributed by atoms with Crippen molar-refractivity contribution in [1.82, 2.24) is 23.8 Å². The normalized spacial score (nSPS) is 22.3. The lowest BCUT2D eigenvalue weighted by molar-refractivity contribution is 0.148. The first-order valence-electron chi connectivity index (χ1n) is 8.29. The third kappa shape index (κ3) is 3.69. The fourth-order valence-electron chi connectivity index (χ4n) is 3.32. The highest BCUT2D eigenvalue weighted by Gasteiger charge is 2.35. The van der Waals surface area contributed by atoms with Crippen molar-refractivity contribution in [2.75, 3.05) is 32.9 Å². The van der Waals surface area contributed by atoms with Crippen molar-refractivity contribution in [3.8, 4) is 0 Å². The number of rotatable bonds is 5. The van der Waals surface area contributed by atoms with E-state index in [9.17, 15) is 13.5 Å². The molecule has 0 aliphatic carbocycles. The average Bonchev–Trinajstić information content (AvgIpc) is 3.03. The van der Waals surface area contributed by atoms with Gasteiger partial charge in [0.05, 0.1) is 18.1 Å². The molecular weight excluding hydrogens is 342 g/mol. The Balaban J connectivity index is 1.75. The molecule has 1 N–H and O–H groups in total. The zero-order valence-corrected chi connectivity index (χ0v) is 15.9. The van der Waals surface area contributed by atoms with Crippen molar-refractivity contribution in [2.45, 2.75) is 26.5 Å². The number of sulfonamides is 1. The molecule has 9 heteroatoms. The average molecular weight is 367 g/mol. The van der Waals surface area contributed by atoms with E-state index >= 15 is 0 Å². The first-order chi connectivity index (χ1) is 11.7. The van der Waals surface area contributed by atoms with Gasteiger partial charge in [-0.1, -0.05) is 0 Å². The number of hydrogen-bond acceptors (Lipinski definition) is 6. The molecule has 2 aromatic rings. The summed E-state index contributed by atoms with van der Waals surface area (Å²) in [7, 11) is -0.293. The van der Waals surface area contributed by atoms with Crippen molar-refractivity contribution < 1.29 is 13.5 Å². The smallest absolute Gasteiger partial charge is 0.214 e. The Labute approximate surface area is 148 Å². The summed E-state index contributed by atoms with van der Waals surface area (Å²) in [5.41, 5.74) is 3.75. The summed E-state index contributed by atoms with van der Waals surface area (Å²) in [6.07, 6.45) is 1.15. The van der Waals surface area contributed by atoms with Gasteiger partial charge in [-0.15, -0.1) is 0 Å². The van der Waals surface area contributed by atoms with Crippen LogP contribution in [0.3, 0.4) is 0 Å². The predicted molar refractivity (Wildman–Crippen MR) is 94.7 cm³/mol. The quantitative estimate of drug-likeness (QED) is 0.802. The summed E-state index contributed by atoms with van der Waals surface area (Å²) < 4.78 is 27.2. The molecule has 138 valence electrons. The van der Waals surface area contributed by atoms with E-state index in [1.54, 1.807) is 6.20 Å². The molecule has 0 saturated carbocycles. The minimum atomic E-state index is -3.33. The van der Waals surface area contributed by atoms with E-state index in [4.69, 9.17) is 0 Å². The van der Waals surface area contributed by atoms with Gasteiger partial charge in [0.15, 0.2) is 5.65 Å². The SMILES string of the molecule is Cc1cc(C)n2ncc(CN3C[C@@H](CS(=O)(=O)N(C)C)[C@H](O)C3)c2n1. The van der Waals surface area contributed by atoms with Crippen LogP contribution < -0.4 is 0 Å². The monoisotopic (exact) mass is 367 g/mol. The maximum atomic E-state index is 12.1. The van der Waals surface area contributed by atoms with Gasteiger partial charge in [0.25, 0.3) is 0 Å². The fraction of sp³-hybridized carbons (Fsp3) is 0.625. The molecule has 1 aliphatic heterocycles. The molecule has 0 aromatic carbocycles. The molecule has 1 aliphatic rings. The van der Waals surface area contributed by atoms with Crippen LogP contribution in [0.5, 0.6) is 0 Å². The minimum absolute atomic E-state index is 0.0388. The van der Waals surface area contributed by atoms with Gasteiger partial charge in [0.2, 0.25) is 10.0 Å². The molecule has 1 fully saturated rings. The second kappa shape index (κ2) is 6.64. The van der Waals surface area contributed by atoms with E-state index < -0.39 is 16.1 Å². The third-order valence-electron chi connectivity index (χ3n) is 4.71. The molecule has 3 rings (SSSR count). The standard InChI is InChI=1S/C16H25N5O3S/c1-11-5-12(2)21-16(18-11)13(6-17-21)7-20-8-14(15(22)9-20)10-25(23,24)19(3)4/h5-6,14-15,22H,7-10H2,1-4H3/t14-,15+/m0/s1. The first-order valence-corrected chi connectivity index (χ1v) is 9.90. The van der Waals surface area contributed by atoms with Crippen molar-refractivity contribution >= 4 is 15.7 Å². The summed E-state index contributed by atoms with van der Waals surface area (Å²) in [4.78, 5) is 6.63. The van der Waals surface area contributed by atoms with Gasteiger partial charge in [-0.05, 0) is 19.9 Å². The molecule has 2 aromatic heterocycles. The number of aromatic nitrogens is 3. The number of fused-ring (bicyclic) bond motifs is 1. The zero-order chi connectivity index (χ0) is 18.4.